The summed E-state index contributed by atoms with van der Waals surface area (Å²) in [5.41, 5.74) is 0. The molecule has 3 nitrogen and oxygen atoms in total. The molecule has 1 rings (SSSR count). The second-order valence-corrected chi connectivity index (χ2v) is 2.14. The predicted octanol–water partition coefficient (Wildman–Crippen LogP) is 0.404. The number of hydrogen-bond donors (Lipinski definition) is 0. The summed E-state index contributed by atoms with van der Waals surface area (Å²) in [5, 5.41) is 4.09. The van der Waals surface area contributed by atoms with Gasteiger partial charge in [0, 0.05) is 51.9 Å². The molecular formula is C6H12DyNO2-. The third kappa shape index (κ3) is 2.65. The zero-order valence-electron chi connectivity index (χ0n) is 6.15. The monoisotopic (exact) mass is 294 g/mol. The summed E-state index contributed by atoms with van der Waals surface area (Å²) in [6.45, 7) is 1.41. The van der Waals surface area contributed by atoms with Gasteiger partial charge in [-0.15, -0.1) is 0 Å². The van der Waals surface area contributed by atoms with E-state index in [4.69, 9.17) is 9.47 Å². The second kappa shape index (κ2) is 5.76. The Morgan fingerprint density at radius 2 is 2.20 bits per heavy atom. The van der Waals surface area contributed by atoms with E-state index in [1.165, 1.54) is 0 Å². The summed E-state index contributed by atoms with van der Waals surface area (Å²) in [5.74, 6) is 0. The first-order valence-corrected chi connectivity index (χ1v) is 3.08. The van der Waals surface area contributed by atoms with Crippen molar-refractivity contribution in [1.82, 2.24) is 0 Å². The number of methoxy groups -OCH3 is 1. The first kappa shape index (κ1) is 11.2. The molecule has 2 unspecified atom stereocenters. The zero-order valence-corrected chi connectivity index (χ0v) is 8.18. The topological polar surface area (TPSA) is 32.6 Å². The van der Waals surface area contributed by atoms with Crippen LogP contribution in [-0.4, -0.2) is 39.5 Å². The standard InChI is InChI=1S/C6H12NO2.Dy/c1-7-5-3-9-4-6(5)8-2;/h5-6H,3-4H2,1-2H3;/q-1;. The van der Waals surface area contributed by atoms with E-state index in [9.17, 15) is 0 Å². The van der Waals surface area contributed by atoms with Crippen LogP contribution in [0, 0.1) is 38.2 Å². The summed E-state index contributed by atoms with van der Waals surface area (Å²) in [6.07, 6.45) is 0.190. The van der Waals surface area contributed by atoms with Gasteiger partial charge in [-0.3, -0.25) is 0 Å². The van der Waals surface area contributed by atoms with Crippen molar-refractivity contribution in [3.8, 4) is 0 Å². The van der Waals surface area contributed by atoms with Gasteiger partial charge in [-0.1, -0.05) is 6.04 Å². The summed E-state index contributed by atoms with van der Waals surface area (Å²) in [6, 6.07) is 0.259. The smallest absolute Gasteiger partial charge is 0.0714 e. The molecule has 0 saturated carbocycles. The first-order chi connectivity index (χ1) is 4.38. The number of likely N-dealkylation sites (N-methyl/N-ethyl adjacent to an activating group) is 1. The minimum atomic E-state index is 0. The minimum absolute atomic E-state index is 0. The third-order valence-electron chi connectivity index (χ3n) is 1.63. The van der Waals surface area contributed by atoms with Crippen LogP contribution in [0.4, 0.5) is 0 Å². The van der Waals surface area contributed by atoms with E-state index >= 15 is 0 Å². The van der Waals surface area contributed by atoms with Crippen LogP contribution in [0.2, 0.25) is 0 Å². The Morgan fingerprint density at radius 1 is 1.50 bits per heavy atom. The molecule has 0 aromatic heterocycles. The van der Waals surface area contributed by atoms with Crippen molar-refractivity contribution in [3.05, 3.63) is 5.32 Å². The molecular weight excluding hydrogens is 281 g/mol. The molecule has 64 valence electrons. The van der Waals surface area contributed by atoms with Crippen molar-refractivity contribution in [3.63, 3.8) is 0 Å². The maximum Gasteiger partial charge on any atom is 0.0714 e. The van der Waals surface area contributed by atoms with Crippen LogP contribution in [0.5, 0.6) is 0 Å². The maximum absolute atomic E-state index is 5.13. The molecule has 0 amide bonds. The van der Waals surface area contributed by atoms with Gasteiger partial charge < -0.3 is 14.8 Å². The fourth-order valence-corrected chi connectivity index (χ4v) is 0.989. The Labute approximate surface area is 91.9 Å². The summed E-state index contributed by atoms with van der Waals surface area (Å²) >= 11 is 0. The minimum Gasteiger partial charge on any atom is -0.658 e. The largest absolute Gasteiger partial charge is 0.658 e. The molecule has 1 fully saturated rings. The molecule has 1 aliphatic heterocycles. The van der Waals surface area contributed by atoms with Crippen LogP contribution in [-0.2, 0) is 9.47 Å². The molecule has 1 heterocycles. The van der Waals surface area contributed by atoms with Gasteiger partial charge in [0.25, 0.3) is 0 Å². The van der Waals surface area contributed by atoms with Gasteiger partial charge in [0.05, 0.1) is 12.7 Å². The van der Waals surface area contributed by atoms with Crippen molar-refractivity contribution < 1.29 is 47.6 Å². The van der Waals surface area contributed by atoms with Crippen LogP contribution in [0.25, 0.3) is 5.32 Å². The van der Waals surface area contributed by atoms with Crippen LogP contribution in [0.1, 0.15) is 0 Å². The Morgan fingerprint density at radius 3 is 2.60 bits per heavy atom. The van der Waals surface area contributed by atoms with E-state index in [2.05, 4.69) is 5.32 Å². The van der Waals surface area contributed by atoms with Gasteiger partial charge in [0.2, 0.25) is 0 Å². The van der Waals surface area contributed by atoms with Crippen molar-refractivity contribution in [1.29, 1.82) is 0 Å². The Bertz CT molecular complexity index is 81.8. The van der Waals surface area contributed by atoms with Gasteiger partial charge >= 0.3 is 0 Å². The number of hydrogen-bond acceptors (Lipinski definition) is 2. The number of nitrogens with zero attached hydrogens (tertiary/aromatic N) is 1. The van der Waals surface area contributed by atoms with Crippen molar-refractivity contribution in [2.24, 2.45) is 0 Å². The molecule has 1 aliphatic rings. The van der Waals surface area contributed by atoms with Crippen LogP contribution < -0.4 is 0 Å². The molecule has 0 N–H and O–H groups in total. The van der Waals surface area contributed by atoms with Gasteiger partial charge in [-0.05, 0) is 0 Å². The molecule has 0 aromatic carbocycles. The number of rotatable bonds is 2. The van der Waals surface area contributed by atoms with E-state index in [0.717, 1.165) is 6.61 Å². The fourth-order valence-electron chi connectivity index (χ4n) is 0.989. The normalized spacial score (nSPS) is 31.8. The zero-order chi connectivity index (χ0) is 6.69. The fraction of sp³-hybridized carbons (Fsp3) is 1.00. The maximum atomic E-state index is 5.13. The van der Waals surface area contributed by atoms with E-state index in [0.29, 0.717) is 6.61 Å². The van der Waals surface area contributed by atoms with E-state index in [1.54, 1.807) is 14.2 Å². The quantitative estimate of drug-likeness (QED) is 0.738. The van der Waals surface area contributed by atoms with Gasteiger partial charge in [0.1, 0.15) is 0 Å². The van der Waals surface area contributed by atoms with Crippen molar-refractivity contribution in [2.75, 3.05) is 27.4 Å². The summed E-state index contributed by atoms with van der Waals surface area (Å²) < 4.78 is 10.2. The molecule has 2 atom stereocenters. The molecule has 0 spiro atoms. The van der Waals surface area contributed by atoms with Crippen LogP contribution in [0.15, 0.2) is 0 Å². The molecule has 0 bridgehead atoms. The van der Waals surface area contributed by atoms with Crippen molar-refractivity contribution >= 4 is 0 Å². The SMILES string of the molecule is C[N-]C1COCC1OC.[Dy]. The summed E-state index contributed by atoms with van der Waals surface area (Å²) in [7, 11) is 3.49. The third-order valence-corrected chi connectivity index (χ3v) is 1.63. The van der Waals surface area contributed by atoms with E-state index in [-0.39, 0.29) is 50.3 Å². The van der Waals surface area contributed by atoms with E-state index in [1.807, 2.05) is 0 Å². The molecule has 0 radical (unpaired) electrons. The molecule has 0 aromatic rings. The average Bonchev–Trinajstić information content (AvgIpc) is 2.33. The first-order valence-electron chi connectivity index (χ1n) is 3.08. The molecule has 0 aliphatic carbocycles. The Balaban J connectivity index is 0.000000810. The Kier molecular flexibility index (Phi) is 6.42. The molecule has 1 saturated heterocycles. The average molecular weight is 293 g/mol. The van der Waals surface area contributed by atoms with Gasteiger partial charge in [-0.2, -0.15) is 7.05 Å². The number of ether oxygens (including phenoxy) is 2. The van der Waals surface area contributed by atoms with Crippen LogP contribution >= 0.6 is 0 Å². The molecule has 10 heavy (non-hydrogen) atoms. The van der Waals surface area contributed by atoms with Gasteiger partial charge in [-0.25, -0.2) is 0 Å². The van der Waals surface area contributed by atoms with Gasteiger partial charge in [0.15, 0.2) is 0 Å². The molecule has 4 heteroatoms. The summed E-state index contributed by atoms with van der Waals surface area (Å²) in [4.78, 5) is 0. The van der Waals surface area contributed by atoms with Crippen molar-refractivity contribution in [2.45, 2.75) is 12.1 Å². The Hall–Kier alpha value is 1.15. The van der Waals surface area contributed by atoms with Crippen LogP contribution in [0.3, 0.4) is 0 Å². The van der Waals surface area contributed by atoms with E-state index < -0.39 is 0 Å². The predicted molar refractivity (Wildman–Crippen MR) is 34.7 cm³/mol. The second-order valence-electron chi connectivity index (χ2n) is 2.14.